The first-order valence-corrected chi connectivity index (χ1v) is 7.12. The Morgan fingerprint density at radius 1 is 1.42 bits per heavy atom. The molecule has 0 fully saturated rings. The number of carbonyl (C=O) groups is 1. The third-order valence-electron chi connectivity index (χ3n) is 3.35. The molecular weight excluding hydrogens is 258 g/mol. The second-order valence-electron chi connectivity index (χ2n) is 4.74. The lowest BCUT2D eigenvalue weighted by molar-refractivity contribution is 0.102. The number of nitrogens with zero attached hydrogens (tertiary/aromatic N) is 1. The number of fused-ring (bicyclic) bond motifs is 1. The van der Waals surface area contributed by atoms with E-state index < -0.39 is 0 Å². The van der Waals surface area contributed by atoms with Crippen LogP contribution >= 0.6 is 11.3 Å². The van der Waals surface area contributed by atoms with Crippen LogP contribution in [0.2, 0.25) is 0 Å². The van der Waals surface area contributed by atoms with E-state index in [1.54, 1.807) is 17.4 Å². The predicted octanol–water partition coefficient (Wildman–Crippen LogP) is 2.77. The van der Waals surface area contributed by atoms with Gasteiger partial charge in [0.2, 0.25) is 0 Å². The third kappa shape index (κ3) is 2.21. The van der Waals surface area contributed by atoms with Crippen molar-refractivity contribution in [3.63, 3.8) is 0 Å². The number of carbonyl (C=O) groups excluding carboxylic acids is 1. The Labute approximate surface area is 115 Å². The molecule has 0 atom stereocenters. The lowest BCUT2D eigenvalue weighted by Crippen LogP contribution is -2.15. The summed E-state index contributed by atoms with van der Waals surface area (Å²) < 4.78 is 0. The first kappa shape index (κ1) is 12.2. The summed E-state index contributed by atoms with van der Waals surface area (Å²) in [5, 5.41) is 3.54. The fourth-order valence-electron chi connectivity index (χ4n) is 2.40. The van der Waals surface area contributed by atoms with Gasteiger partial charge in [-0.2, -0.15) is 0 Å². The summed E-state index contributed by atoms with van der Waals surface area (Å²) in [7, 11) is 0. The fourth-order valence-corrected chi connectivity index (χ4v) is 3.45. The molecule has 0 spiro atoms. The number of rotatable bonds is 2. The molecule has 0 radical (unpaired) electrons. The fraction of sp³-hybridized carbons (Fsp3) is 0.286. The molecule has 1 aliphatic carbocycles. The van der Waals surface area contributed by atoms with E-state index in [4.69, 9.17) is 5.73 Å². The van der Waals surface area contributed by atoms with Gasteiger partial charge in [-0.05, 0) is 37.8 Å². The van der Waals surface area contributed by atoms with E-state index in [0.717, 1.165) is 24.1 Å². The lowest BCUT2D eigenvalue weighted by Gasteiger charge is -2.08. The Morgan fingerprint density at radius 3 is 3.00 bits per heavy atom. The number of aryl methyl sites for hydroxylation is 3. The van der Waals surface area contributed by atoms with Crippen molar-refractivity contribution < 1.29 is 4.79 Å². The van der Waals surface area contributed by atoms with Crippen LogP contribution in [0.25, 0.3) is 0 Å². The number of hydrogen-bond acceptors (Lipinski definition) is 4. The Hall–Kier alpha value is -1.88. The summed E-state index contributed by atoms with van der Waals surface area (Å²) in [4.78, 5) is 18.0. The average molecular weight is 273 g/mol. The van der Waals surface area contributed by atoms with Crippen molar-refractivity contribution in [3.05, 3.63) is 39.9 Å². The predicted molar refractivity (Wildman–Crippen MR) is 77.7 cm³/mol. The van der Waals surface area contributed by atoms with Crippen LogP contribution in [0.4, 0.5) is 10.8 Å². The summed E-state index contributed by atoms with van der Waals surface area (Å²) in [6.07, 6.45) is 3.27. The second-order valence-corrected chi connectivity index (χ2v) is 5.82. The monoisotopic (exact) mass is 273 g/mol. The van der Waals surface area contributed by atoms with Gasteiger partial charge < -0.3 is 5.73 Å². The number of hydrogen-bond donors (Lipinski definition) is 2. The van der Waals surface area contributed by atoms with E-state index in [-0.39, 0.29) is 5.91 Å². The molecule has 1 aromatic heterocycles. The molecule has 0 saturated carbocycles. The number of thiazole rings is 1. The summed E-state index contributed by atoms with van der Waals surface area (Å²) >= 11 is 1.57. The molecular formula is C14H15N3OS. The maximum absolute atomic E-state index is 12.3. The van der Waals surface area contributed by atoms with Crippen LogP contribution in [0.5, 0.6) is 0 Å². The molecule has 0 unspecified atom stereocenters. The van der Waals surface area contributed by atoms with E-state index in [1.165, 1.54) is 11.3 Å². The maximum atomic E-state index is 12.3. The highest BCUT2D eigenvalue weighted by atomic mass is 32.1. The van der Waals surface area contributed by atoms with Gasteiger partial charge in [0.25, 0.3) is 5.91 Å². The first-order chi connectivity index (χ1) is 9.15. The van der Waals surface area contributed by atoms with Crippen molar-refractivity contribution >= 4 is 28.1 Å². The van der Waals surface area contributed by atoms with E-state index in [1.807, 2.05) is 19.1 Å². The Balaban J connectivity index is 1.84. The number of benzene rings is 1. The van der Waals surface area contributed by atoms with Crippen molar-refractivity contribution in [2.75, 3.05) is 11.1 Å². The molecule has 98 valence electrons. The highest BCUT2D eigenvalue weighted by Crippen LogP contribution is 2.31. The van der Waals surface area contributed by atoms with E-state index in [0.29, 0.717) is 16.4 Å². The van der Waals surface area contributed by atoms with Gasteiger partial charge in [-0.1, -0.05) is 12.1 Å². The van der Waals surface area contributed by atoms with Gasteiger partial charge in [0.1, 0.15) is 0 Å². The highest BCUT2D eigenvalue weighted by molar-refractivity contribution is 7.16. The molecule has 1 aliphatic rings. The molecule has 1 heterocycles. The quantitative estimate of drug-likeness (QED) is 0.827. The van der Waals surface area contributed by atoms with E-state index >= 15 is 0 Å². The number of amides is 1. The van der Waals surface area contributed by atoms with Crippen molar-refractivity contribution in [2.45, 2.75) is 26.2 Å². The standard InChI is InChI=1S/C14H15N3OS/c1-8-4-2-5-9(15)12(8)13(18)17-14-16-10-6-3-7-11(10)19-14/h2,4-5H,3,6-7,15H2,1H3,(H,16,17,18). The molecule has 19 heavy (non-hydrogen) atoms. The molecule has 3 rings (SSSR count). The number of aromatic nitrogens is 1. The van der Waals surface area contributed by atoms with Gasteiger partial charge in [0.15, 0.2) is 5.13 Å². The number of anilines is 2. The summed E-state index contributed by atoms with van der Waals surface area (Å²) in [6.45, 7) is 1.88. The largest absolute Gasteiger partial charge is 0.398 e. The molecule has 3 N–H and O–H groups in total. The van der Waals surface area contributed by atoms with Crippen LogP contribution in [0, 0.1) is 6.92 Å². The third-order valence-corrected chi connectivity index (χ3v) is 4.42. The van der Waals surface area contributed by atoms with Gasteiger partial charge in [-0.3, -0.25) is 10.1 Å². The van der Waals surface area contributed by atoms with Crippen molar-refractivity contribution in [1.29, 1.82) is 0 Å². The zero-order chi connectivity index (χ0) is 13.4. The maximum Gasteiger partial charge on any atom is 0.259 e. The summed E-state index contributed by atoms with van der Waals surface area (Å²) in [5.74, 6) is -0.178. The Kier molecular flexibility index (Phi) is 2.98. The zero-order valence-corrected chi connectivity index (χ0v) is 11.5. The molecule has 0 bridgehead atoms. The van der Waals surface area contributed by atoms with E-state index in [9.17, 15) is 4.79 Å². The molecule has 5 heteroatoms. The van der Waals surface area contributed by atoms with Crippen LogP contribution in [0.3, 0.4) is 0 Å². The molecule has 4 nitrogen and oxygen atoms in total. The number of nitrogens with two attached hydrogens (primary N) is 1. The summed E-state index contributed by atoms with van der Waals surface area (Å²) in [6, 6.07) is 5.47. The van der Waals surface area contributed by atoms with Gasteiger partial charge in [0.05, 0.1) is 11.3 Å². The van der Waals surface area contributed by atoms with Gasteiger partial charge in [-0.15, -0.1) is 11.3 Å². The van der Waals surface area contributed by atoms with Crippen molar-refractivity contribution in [2.24, 2.45) is 0 Å². The van der Waals surface area contributed by atoms with Gasteiger partial charge in [0, 0.05) is 10.6 Å². The smallest absolute Gasteiger partial charge is 0.259 e. The highest BCUT2D eigenvalue weighted by Gasteiger charge is 2.19. The minimum atomic E-state index is -0.178. The van der Waals surface area contributed by atoms with Gasteiger partial charge in [-0.25, -0.2) is 4.98 Å². The molecule has 2 aromatic rings. The van der Waals surface area contributed by atoms with Crippen LogP contribution in [0.15, 0.2) is 18.2 Å². The SMILES string of the molecule is Cc1cccc(N)c1C(=O)Nc1nc2c(s1)CCC2. The Bertz CT molecular complexity index is 606. The lowest BCUT2D eigenvalue weighted by atomic mass is 10.1. The van der Waals surface area contributed by atoms with Gasteiger partial charge >= 0.3 is 0 Å². The normalized spacial score (nSPS) is 13.3. The zero-order valence-electron chi connectivity index (χ0n) is 10.7. The Morgan fingerprint density at radius 2 is 2.26 bits per heavy atom. The molecule has 1 aromatic carbocycles. The first-order valence-electron chi connectivity index (χ1n) is 6.30. The van der Waals surface area contributed by atoms with Crippen LogP contribution in [-0.2, 0) is 12.8 Å². The minimum absolute atomic E-state index is 0.178. The second kappa shape index (κ2) is 4.66. The molecule has 0 aliphatic heterocycles. The van der Waals surface area contributed by atoms with Crippen LogP contribution in [0.1, 0.15) is 32.9 Å². The summed E-state index contributed by atoms with van der Waals surface area (Å²) in [5.41, 5.74) is 8.93. The van der Waals surface area contributed by atoms with E-state index in [2.05, 4.69) is 10.3 Å². The van der Waals surface area contributed by atoms with Crippen molar-refractivity contribution in [1.82, 2.24) is 4.98 Å². The van der Waals surface area contributed by atoms with Crippen LogP contribution in [-0.4, -0.2) is 10.9 Å². The molecule has 1 amide bonds. The topological polar surface area (TPSA) is 68.0 Å². The minimum Gasteiger partial charge on any atom is -0.398 e. The van der Waals surface area contributed by atoms with Crippen molar-refractivity contribution in [3.8, 4) is 0 Å². The van der Waals surface area contributed by atoms with Crippen LogP contribution < -0.4 is 11.1 Å². The number of nitrogens with one attached hydrogen (secondary N) is 1. The number of nitrogen functional groups attached to an aromatic ring is 1. The average Bonchev–Trinajstić information content (AvgIpc) is 2.89. The molecule has 0 saturated heterocycles.